The van der Waals surface area contributed by atoms with Gasteiger partial charge in [0, 0.05) is 12.0 Å². The Bertz CT molecular complexity index is 453. The van der Waals surface area contributed by atoms with Crippen LogP contribution in [0.25, 0.3) is 0 Å². The first-order valence-corrected chi connectivity index (χ1v) is 6.56. The first-order chi connectivity index (χ1) is 8.74. The van der Waals surface area contributed by atoms with Crippen molar-refractivity contribution in [1.29, 1.82) is 0 Å². The molecule has 2 aliphatic rings. The quantitative estimate of drug-likeness (QED) is 0.795. The summed E-state index contributed by atoms with van der Waals surface area (Å²) in [5.41, 5.74) is 6.67. The van der Waals surface area contributed by atoms with Gasteiger partial charge in [-0.3, -0.25) is 4.79 Å². The van der Waals surface area contributed by atoms with E-state index in [0.29, 0.717) is 6.04 Å². The molecule has 0 bridgehead atoms. The maximum atomic E-state index is 12.1. The fourth-order valence-corrected chi connectivity index (χ4v) is 2.82. The Kier molecular flexibility index (Phi) is 2.96. The SMILES string of the molecule is NC1CCC(C2Oc3ccccc3NC2=O)CC1. The number of para-hydroxylation sites is 2. The number of hydrogen-bond acceptors (Lipinski definition) is 3. The minimum absolute atomic E-state index is 0.0193. The summed E-state index contributed by atoms with van der Waals surface area (Å²) >= 11 is 0. The lowest BCUT2D eigenvalue weighted by atomic mass is 9.82. The zero-order chi connectivity index (χ0) is 12.5. The van der Waals surface area contributed by atoms with E-state index in [9.17, 15) is 4.79 Å². The molecule has 96 valence electrons. The fourth-order valence-electron chi connectivity index (χ4n) is 2.82. The lowest BCUT2D eigenvalue weighted by Gasteiger charge is -2.34. The second-order valence-corrected chi connectivity index (χ2v) is 5.20. The summed E-state index contributed by atoms with van der Waals surface area (Å²) < 4.78 is 5.87. The number of carbonyl (C=O) groups excluding carboxylic acids is 1. The molecule has 0 saturated heterocycles. The lowest BCUT2D eigenvalue weighted by Crippen LogP contribution is -2.44. The molecule has 1 aromatic rings. The van der Waals surface area contributed by atoms with E-state index in [1.165, 1.54) is 0 Å². The molecule has 4 nitrogen and oxygen atoms in total. The third-order valence-electron chi connectivity index (χ3n) is 3.90. The second kappa shape index (κ2) is 4.61. The van der Waals surface area contributed by atoms with Crippen molar-refractivity contribution < 1.29 is 9.53 Å². The van der Waals surface area contributed by atoms with Crippen molar-refractivity contribution in [2.45, 2.75) is 37.8 Å². The Hall–Kier alpha value is -1.55. The number of rotatable bonds is 1. The summed E-state index contributed by atoms with van der Waals surface area (Å²) in [5, 5.41) is 2.92. The van der Waals surface area contributed by atoms with Gasteiger partial charge in [0.1, 0.15) is 5.75 Å². The number of fused-ring (bicyclic) bond motifs is 1. The smallest absolute Gasteiger partial charge is 0.265 e. The van der Waals surface area contributed by atoms with Crippen LogP contribution in [-0.4, -0.2) is 18.1 Å². The van der Waals surface area contributed by atoms with E-state index in [4.69, 9.17) is 10.5 Å². The van der Waals surface area contributed by atoms with E-state index in [1.807, 2.05) is 24.3 Å². The first kappa shape index (κ1) is 11.5. The number of hydrogen-bond donors (Lipinski definition) is 2. The molecular formula is C14H18N2O2. The molecule has 0 aromatic heterocycles. The van der Waals surface area contributed by atoms with E-state index in [-0.39, 0.29) is 17.9 Å². The van der Waals surface area contributed by atoms with Crippen LogP contribution in [0.15, 0.2) is 24.3 Å². The van der Waals surface area contributed by atoms with Gasteiger partial charge in [-0.1, -0.05) is 12.1 Å². The molecule has 4 heteroatoms. The van der Waals surface area contributed by atoms with Crippen molar-refractivity contribution in [3.05, 3.63) is 24.3 Å². The van der Waals surface area contributed by atoms with Gasteiger partial charge in [0.05, 0.1) is 5.69 Å². The standard InChI is InChI=1S/C14H18N2O2/c15-10-7-5-9(6-8-10)13-14(17)16-11-3-1-2-4-12(11)18-13/h1-4,9-10,13H,5-8,15H2,(H,16,17). The van der Waals surface area contributed by atoms with Crippen LogP contribution >= 0.6 is 0 Å². The number of nitrogens with two attached hydrogens (primary N) is 1. The molecule has 1 aliphatic carbocycles. The van der Waals surface area contributed by atoms with Crippen LogP contribution in [-0.2, 0) is 4.79 Å². The predicted octanol–water partition coefficient (Wildman–Crippen LogP) is 1.90. The van der Waals surface area contributed by atoms with E-state index in [0.717, 1.165) is 37.1 Å². The van der Waals surface area contributed by atoms with Crippen LogP contribution in [0.2, 0.25) is 0 Å². The molecule has 1 aromatic carbocycles. The zero-order valence-electron chi connectivity index (χ0n) is 10.3. The first-order valence-electron chi connectivity index (χ1n) is 6.56. The van der Waals surface area contributed by atoms with Crippen molar-refractivity contribution >= 4 is 11.6 Å². The summed E-state index contributed by atoms with van der Waals surface area (Å²) in [6.07, 6.45) is 3.56. The van der Waals surface area contributed by atoms with Crippen molar-refractivity contribution in [3.8, 4) is 5.75 Å². The van der Waals surface area contributed by atoms with Crippen LogP contribution in [0, 0.1) is 5.92 Å². The molecule has 1 aliphatic heterocycles. The molecule has 0 spiro atoms. The average Bonchev–Trinajstić information content (AvgIpc) is 2.39. The van der Waals surface area contributed by atoms with Gasteiger partial charge in [0.2, 0.25) is 0 Å². The molecule has 1 atom stereocenters. The average molecular weight is 246 g/mol. The Balaban J connectivity index is 1.76. The zero-order valence-corrected chi connectivity index (χ0v) is 10.3. The number of nitrogens with one attached hydrogen (secondary N) is 1. The Labute approximate surface area is 107 Å². The summed E-state index contributed by atoms with van der Waals surface area (Å²) in [6.45, 7) is 0. The van der Waals surface area contributed by atoms with Crippen molar-refractivity contribution in [2.24, 2.45) is 11.7 Å². The van der Waals surface area contributed by atoms with Gasteiger partial charge in [-0.05, 0) is 37.8 Å². The van der Waals surface area contributed by atoms with Crippen molar-refractivity contribution in [2.75, 3.05) is 5.32 Å². The van der Waals surface area contributed by atoms with Gasteiger partial charge >= 0.3 is 0 Å². The Morgan fingerprint density at radius 2 is 1.89 bits per heavy atom. The molecule has 3 rings (SSSR count). The van der Waals surface area contributed by atoms with Crippen molar-refractivity contribution in [1.82, 2.24) is 0 Å². The minimum atomic E-state index is -0.354. The number of amides is 1. The lowest BCUT2D eigenvalue weighted by molar-refractivity contribution is -0.126. The van der Waals surface area contributed by atoms with E-state index in [1.54, 1.807) is 0 Å². The largest absolute Gasteiger partial charge is 0.478 e. The third kappa shape index (κ3) is 2.08. The van der Waals surface area contributed by atoms with Crippen LogP contribution in [0.1, 0.15) is 25.7 Å². The normalized spacial score (nSPS) is 31.2. The Morgan fingerprint density at radius 3 is 2.67 bits per heavy atom. The Morgan fingerprint density at radius 1 is 1.17 bits per heavy atom. The molecule has 1 amide bonds. The summed E-state index contributed by atoms with van der Waals surface area (Å²) in [7, 11) is 0. The molecule has 1 saturated carbocycles. The molecule has 1 unspecified atom stereocenters. The monoisotopic (exact) mass is 246 g/mol. The highest BCUT2D eigenvalue weighted by Crippen LogP contribution is 2.35. The van der Waals surface area contributed by atoms with Crippen LogP contribution in [0.4, 0.5) is 5.69 Å². The topological polar surface area (TPSA) is 64.3 Å². The maximum Gasteiger partial charge on any atom is 0.265 e. The van der Waals surface area contributed by atoms with Gasteiger partial charge in [-0.15, -0.1) is 0 Å². The van der Waals surface area contributed by atoms with Gasteiger partial charge in [0.15, 0.2) is 6.10 Å². The molecular weight excluding hydrogens is 228 g/mol. The van der Waals surface area contributed by atoms with Gasteiger partial charge in [-0.25, -0.2) is 0 Å². The molecule has 3 N–H and O–H groups in total. The molecule has 18 heavy (non-hydrogen) atoms. The molecule has 1 heterocycles. The van der Waals surface area contributed by atoms with Crippen molar-refractivity contribution in [3.63, 3.8) is 0 Å². The summed E-state index contributed by atoms with van der Waals surface area (Å²) in [4.78, 5) is 12.1. The summed E-state index contributed by atoms with van der Waals surface area (Å²) in [6, 6.07) is 7.86. The van der Waals surface area contributed by atoms with Gasteiger partial charge in [0.25, 0.3) is 5.91 Å². The number of carbonyl (C=O) groups is 1. The molecule has 1 fully saturated rings. The fraction of sp³-hybridized carbons (Fsp3) is 0.500. The maximum absolute atomic E-state index is 12.1. The highest BCUT2D eigenvalue weighted by atomic mass is 16.5. The minimum Gasteiger partial charge on any atom is -0.478 e. The van der Waals surface area contributed by atoms with Crippen LogP contribution in [0.5, 0.6) is 5.75 Å². The van der Waals surface area contributed by atoms with E-state index in [2.05, 4.69) is 5.32 Å². The highest BCUT2D eigenvalue weighted by molar-refractivity contribution is 5.97. The summed E-state index contributed by atoms with van der Waals surface area (Å²) in [5.74, 6) is 1.05. The molecule has 0 radical (unpaired) electrons. The highest BCUT2D eigenvalue weighted by Gasteiger charge is 2.36. The number of ether oxygens (including phenoxy) is 1. The van der Waals surface area contributed by atoms with Crippen LogP contribution < -0.4 is 15.8 Å². The third-order valence-corrected chi connectivity index (χ3v) is 3.90. The van der Waals surface area contributed by atoms with E-state index >= 15 is 0 Å². The van der Waals surface area contributed by atoms with Gasteiger partial charge in [-0.2, -0.15) is 0 Å². The predicted molar refractivity (Wildman–Crippen MR) is 69.4 cm³/mol. The second-order valence-electron chi connectivity index (χ2n) is 5.20. The van der Waals surface area contributed by atoms with Gasteiger partial charge < -0.3 is 15.8 Å². The number of anilines is 1. The van der Waals surface area contributed by atoms with Crippen LogP contribution in [0.3, 0.4) is 0 Å². The number of benzene rings is 1. The van der Waals surface area contributed by atoms with E-state index < -0.39 is 0 Å².